The van der Waals surface area contributed by atoms with E-state index in [9.17, 15) is 0 Å². The first-order valence-electron chi connectivity index (χ1n) is 4.86. The molecule has 0 amide bonds. The van der Waals surface area contributed by atoms with Gasteiger partial charge in [-0.15, -0.1) is 0 Å². The minimum atomic E-state index is 0.0251. The van der Waals surface area contributed by atoms with Crippen molar-refractivity contribution in [1.82, 2.24) is 5.43 Å². The Morgan fingerprint density at radius 2 is 2.29 bits per heavy atom. The quantitative estimate of drug-likeness (QED) is 0.622. The van der Waals surface area contributed by atoms with Crippen molar-refractivity contribution in [3.8, 4) is 0 Å². The molecule has 1 N–H and O–H groups in total. The maximum Gasteiger partial charge on any atom is 0.0519 e. The number of rotatable bonds is 0. The van der Waals surface area contributed by atoms with Gasteiger partial charge >= 0.3 is 0 Å². The zero-order valence-corrected chi connectivity index (χ0v) is 8.78. The van der Waals surface area contributed by atoms with Gasteiger partial charge in [0.05, 0.1) is 6.21 Å². The van der Waals surface area contributed by atoms with E-state index in [1.54, 1.807) is 0 Å². The second-order valence-electron chi connectivity index (χ2n) is 4.13. The Balaban J connectivity index is 2.52. The van der Waals surface area contributed by atoms with E-state index in [-0.39, 0.29) is 5.41 Å². The minimum Gasteiger partial charge on any atom is -0.286 e. The lowest BCUT2D eigenvalue weighted by molar-refractivity contribution is 0.465. The van der Waals surface area contributed by atoms with Gasteiger partial charge in [-0.1, -0.05) is 19.9 Å². The van der Waals surface area contributed by atoms with Crippen molar-refractivity contribution in [2.45, 2.75) is 20.8 Å². The monoisotopic (exact) mass is 189 g/mol. The molecule has 74 valence electrons. The highest BCUT2D eigenvalue weighted by atomic mass is 15.3. The van der Waals surface area contributed by atoms with Crippen molar-refractivity contribution in [3.63, 3.8) is 0 Å². The zero-order chi connectivity index (χ0) is 10.2. The van der Waals surface area contributed by atoms with Gasteiger partial charge in [0.15, 0.2) is 0 Å². The van der Waals surface area contributed by atoms with Crippen molar-refractivity contribution in [3.05, 3.63) is 23.5 Å². The minimum absolute atomic E-state index is 0.0251. The Hall–Kier alpha value is -1.38. The van der Waals surface area contributed by atoms with E-state index < -0.39 is 0 Å². The van der Waals surface area contributed by atoms with Crippen LogP contribution in [0.2, 0.25) is 0 Å². The molecule has 0 aromatic carbocycles. The number of hydrogen-bond acceptors (Lipinski definition) is 3. The first kappa shape index (κ1) is 9.19. The molecule has 0 saturated heterocycles. The van der Waals surface area contributed by atoms with E-state index in [2.05, 4.69) is 35.4 Å². The molecule has 0 fully saturated rings. The molecule has 3 heteroatoms. The van der Waals surface area contributed by atoms with Crippen LogP contribution >= 0.6 is 0 Å². The van der Waals surface area contributed by atoms with E-state index in [1.807, 2.05) is 25.6 Å². The predicted octanol–water partition coefficient (Wildman–Crippen LogP) is 2.09. The molecule has 14 heavy (non-hydrogen) atoms. The summed E-state index contributed by atoms with van der Waals surface area (Å²) in [5, 5.41) is 4.06. The summed E-state index contributed by atoms with van der Waals surface area (Å²) in [6.45, 7) is 6.44. The number of hydrogen-bond donors (Lipinski definition) is 1. The van der Waals surface area contributed by atoms with Crippen LogP contribution in [0.25, 0.3) is 0 Å². The standard InChI is InChI=1S/C11H15N3/c1-8-6-14-13-5-4-11(3)7-12-10(8)9(11)2/h4-7,9,13H,1-3H3/b5-4-,10-8+,14-6-. The van der Waals surface area contributed by atoms with Crippen molar-refractivity contribution < 1.29 is 0 Å². The average Bonchev–Trinajstić information content (AvgIpc) is 2.45. The van der Waals surface area contributed by atoms with Gasteiger partial charge in [0.2, 0.25) is 0 Å². The van der Waals surface area contributed by atoms with E-state index in [0.29, 0.717) is 5.92 Å². The lowest BCUT2D eigenvalue weighted by Crippen LogP contribution is -2.21. The average molecular weight is 189 g/mol. The third-order valence-corrected chi connectivity index (χ3v) is 3.08. The molecular formula is C11H15N3. The predicted molar refractivity (Wildman–Crippen MR) is 59.2 cm³/mol. The lowest BCUT2D eigenvalue weighted by atomic mass is 9.79. The number of nitrogens with zero attached hydrogens (tertiary/aromatic N) is 2. The van der Waals surface area contributed by atoms with Crippen LogP contribution in [-0.2, 0) is 0 Å². The Labute approximate surface area is 84.3 Å². The molecule has 0 spiro atoms. The number of allylic oxidation sites excluding steroid dienone is 3. The molecule has 0 saturated carbocycles. The van der Waals surface area contributed by atoms with Gasteiger partial charge in [0.25, 0.3) is 0 Å². The molecule has 2 atom stereocenters. The summed E-state index contributed by atoms with van der Waals surface area (Å²) in [5.74, 6) is 0.421. The fraction of sp³-hybridized carbons (Fsp3) is 0.455. The maximum absolute atomic E-state index is 4.48. The number of aliphatic imine (C=N–C) groups is 1. The van der Waals surface area contributed by atoms with Crippen LogP contribution in [0.15, 0.2) is 33.6 Å². The smallest absolute Gasteiger partial charge is 0.0519 e. The second-order valence-corrected chi connectivity index (χ2v) is 4.13. The molecular weight excluding hydrogens is 174 g/mol. The highest BCUT2D eigenvalue weighted by Crippen LogP contribution is 2.39. The summed E-state index contributed by atoms with van der Waals surface area (Å²) in [7, 11) is 0. The van der Waals surface area contributed by atoms with Gasteiger partial charge in [-0.2, -0.15) is 5.10 Å². The van der Waals surface area contributed by atoms with E-state index >= 15 is 0 Å². The molecule has 0 aliphatic carbocycles. The summed E-state index contributed by atoms with van der Waals surface area (Å²) in [6.07, 6.45) is 7.84. The van der Waals surface area contributed by atoms with Crippen LogP contribution in [0.5, 0.6) is 0 Å². The Kier molecular flexibility index (Phi) is 2.02. The largest absolute Gasteiger partial charge is 0.286 e. The summed E-state index contributed by atoms with van der Waals surface area (Å²) in [5.41, 5.74) is 5.18. The van der Waals surface area contributed by atoms with Crippen molar-refractivity contribution in [2.75, 3.05) is 0 Å². The Morgan fingerprint density at radius 1 is 1.50 bits per heavy atom. The first-order valence-corrected chi connectivity index (χ1v) is 4.86. The molecule has 0 radical (unpaired) electrons. The maximum atomic E-state index is 4.48. The molecule has 2 unspecified atom stereocenters. The normalized spacial score (nSPS) is 44.9. The number of fused-ring (bicyclic) bond motifs is 2. The van der Waals surface area contributed by atoms with E-state index in [4.69, 9.17) is 0 Å². The number of hydrazone groups is 1. The number of nitrogens with one attached hydrogen (secondary N) is 1. The third kappa shape index (κ3) is 1.29. The highest BCUT2D eigenvalue weighted by molar-refractivity contribution is 5.83. The summed E-state index contributed by atoms with van der Waals surface area (Å²) >= 11 is 0. The zero-order valence-electron chi connectivity index (χ0n) is 8.78. The molecule has 3 nitrogen and oxygen atoms in total. The molecule has 2 heterocycles. The second kappa shape index (κ2) is 3.08. The molecule has 0 aromatic rings. The summed E-state index contributed by atoms with van der Waals surface area (Å²) in [6, 6.07) is 0. The van der Waals surface area contributed by atoms with Crippen LogP contribution < -0.4 is 5.43 Å². The fourth-order valence-corrected chi connectivity index (χ4v) is 1.82. The third-order valence-electron chi connectivity index (χ3n) is 3.08. The van der Waals surface area contributed by atoms with Crippen molar-refractivity contribution in [1.29, 1.82) is 0 Å². The van der Waals surface area contributed by atoms with Gasteiger partial charge in [0.1, 0.15) is 0 Å². The molecule has 2 rings (SSSR count). The summed E-state index contributed by atoms with van der Waals surface area (Å²) < 4.78 is 0. The van der Waals surface area contributed by atoms with Crippen molar-refractivity contribution >= 4 is 12.4 Å². The summed E-state index contributed by atoms with van der Waals surface area (Å²) in [4.78, 5) is 4.48. The van der Waals surface area contributed by atoms with Crippen LogP contribution in [0.1, 0.15) is 20.8 Å². The van der Waals surface area contributed by atoms with E-state index in [1.165, 1.54) is 0 Å². The SMILES string of the molecule is CC1=C2\N=CC(C)(/C=C\N/N=C\1)C2C. The van der Waals surface area contributed by atoms with E-state index in [0.717, 1.165) is 11.3 Å². The van der Waals surface area contributed by atoms with Gasteiger partial charge < -0.3 is 0 Å². The van der Waals surface area contributed by atoms with Crippen molar-refractivity contribution in [2.24, 2.45) is 21.4 Å². The van der Waals surface area contributed by atoms with Crippen LogP contribution in [0, 0.1) is 11.3 Å². The van der Waals surface area contributed by atoms with Gasteiger partial charge in [-0.05, 0) is 12.5 Å². The first-order chi connectivity index (χ1) is 6.63. The Morgan fingerprint density at radius 3 is 3.07 bits per heavy atom. The van der Waals surface area contributed by atoms with Crippen LogP contribution in [0.4, 0.5) is 0 Å². The lowest BCUT2D eigenvalue weighted by Gasteiger charge is -2.22. The topological polar surface area (TPSA) is 36.8 Å². The van der Waals surface area contributed by atoms with Gasteiger partial charge in [-0.25, -0.2) is 0 Å². The molecule has 2 aliphatic rings. The Bertz CT molecular complexity index is 363. The fourth-order valence-electron chi connectivity index (χ4n) is 1.82. The molecule has 2 bridgehead atoms. The highest BCUT2D eigenvalue weighted by Gasteiger charge is 2.35. The van der Waals surface area contributed by atoms with Crippen LogP contribution in [0.3, 0.4) is 0 Å². The van der Waals surface area contributed by atoms with Gasteiger partial charge in [0, 0.05) is 29.4 Å². The molecule has 0 aromatic heterocycles. The molecule has 2 aliphatic heterocycles. The van der Waals surface area contributed by atoms with Crippen LogP contribution in [-0.4, -0.2) is 12.4 Å². The van der Waals surface area contributed by atoms with Gasteiger partial charge in [-0.3, -0.25) is 10.4 Å².